The lowest BCUT2D eigenvalue weighted by atomic mass is 9.90. The van der Waals surface area contributed by atoms with E-state index in [9.17, 15) is 36.2 Å². The number of halogens is 6. The van der Waals surface area contributed by atoms with E-state index in [2.05, 4.69) is 14.8 Å². The van der Waals surface area contributed by atoms with Crippen LogP contribution < -0.4 is 0 Å². The Kier molecular flexibility index (Phi) is 10.7. The third kappa shape index (κ3) is 7.76. The monoisotopic (exact) mass is 625 g/mol. The van der Waals surface area contributed by atoms with Gasteiger partial charge >= 0.3 is 18.3 Å². The largest absolute Gasteiger partial charge is 0.462 e. The van der Waals surface area contributed by atoms with Gasteiger partial charge < -0.3 is 14.6 Å². The molecule has 7 nitrogen and oxygen atoms in total. The van der Waals surface area contributed by atoms with Crippen molar-refractivity contribution in [3.63, 3.8) is 0 Å². The number of ether oxygens (including phenoxy) is 2. The lowest BCUT2D eigenvalue weighted by Gasteiger charge is -2.40. The molecule has 1 aliphatic heterocycles. The molecule has 4 rings (SSSR count). The first-order chi connectivity index (χ1) is 20.8. The predicted molar refractivity (Wildman–Crippen MR) is 149 cm³/mol. The zero-order valence-corrected chi connectivity index (χ0v) is 23.9. The van der Waals surface area contributed by atoms with E-state index in [0.717, 1.165) is 23.3 Å². The fraction of sp³-hybridized carbons (Fsp3) is 0.419. The van der Waals surface area contributed by atoms with Crippen molar-refractivity contribution in [1.29, 1.82) is 0 Å². The summed E-state index contributed by atoms with van der Waals surface area (Å²) in [6.45, 7) is 5.61. The van der Waals surface area contributed by atoms with Crippen LogP contribution in [0.4, 0.5) is 26.3 Å². The van der Waals surface area contributed by atoms with E-state index in [0.29, 0.717) is 69.2 Å². The van der Waals surface area contributed by atoms with E-state index in [-0.39, 0.29) is 12.6 Å². The van der Waals surface area contributed by atoms with Crippen LogP contribution in [0, 0.1) is 0 Å². The quantitative estimate of drug-likeness (QED) is 0.176. The van der Waals surface area contributed by atoms with Crippen molar-refractivity contribution >= 4 is 5.97 Å². The van der Waals surface area contributed by atoms with Crippen LogP contribution in [-0.4, -0.2) is 83.7 Å². The maximum atomic E-state index is 13.2. The standard InChI is InChI=1S/C31H33F6N3O4/c1-2-43-17-18-44-28(41)27-21-39(15-16-40(27)20-23-11-13-38-14-12-23)19-22-3-5-24(6-4-22)25-7-9-26(10-8-25)29(42,30(32,33)34)31(35,36)37/h3-14,27,42H,2,15-21H2,1H3. The number of hydrogen-bond acceptors (Lipinski definition) is 7. The number of hydrogen-bond donors (Lipinski definition) is 1. The third-order valence-corrected chi connectivity index (χ3v) is 7.48. The van der Waals surface area contributed by atoms with Crippen molar-refractivity contribution in [3.05, 3.63) is 89.7 Å². The number of esters is 1. The van der Waals surface area contributed by atoms with E-state index in [1.807, 2.05) is 31.2 Å². The van der Waals surface area contributed by atoms with Crippen molar-refractivity contribution in [2.75, 3.05) is 39.5 Å². The summed E-state index contributed by atoms with van der Waals surface area (Å²) in [4.78, 5) is 21.3. The van der Waals surface area contributed by atoms with E-state index < -0.39 is 29.6 Å². The number of aliphatic hydroxyl groups is 1. The minimum absolute atomic E-state index is 0.153. The van der Waals surface area contributed by atoms with Crippen LogP contribution in [-0.2, 0) is 33.0 Å². The van der Waals surface area contributed by atoms with E-state index in [1.54, 1.807) is 24.5 Å². The number of piperazine rings is 1. The van der Waals surface area contributed by atoms with Crippen LogP contribution in [0.2, 0.25) is 0 Å². The van der Waals surface area contributed by atoms with Crippen LogP contribution >= 0.6 is 0 Å². The van der Waals surface area contributed by atoms with Crippen LogP contribution in [0.25, 0.3) is 11.1 Å². The summed E-state index contributed by atoms with van der Waals surface area (Å²) in [7, 11) is 0. The Hall–Kier alpha value is -3.52. The van der Waals surface area contributed by atoms with Crippen molar-refractivity contribution in [2.45, 2.75) is 44.0 Å². The molecule has 0 radical (unpaired) electrons. The molecule has 0 spiro atoms. The number of alkyl halides is 6. The Labute approximate surface area is 251 Å². The highest BCUT2D eigenvalue weighted by molar-refractivity contribution is 5.76. The molecule has 0 amide bonds. The highest BCUT2D eigenvalue weighted by atomic mass is 19.4. The molecule has 13 heteroatoms. The zero-order valence-electron chi connectivity index (χ0n) is 23.9. The SMILES string of the molecule is CCOCCOC(=O)C1CN(Cc2ccc(-c3ccc(C(O)(C(F)(F)F)C(F)(F)F)cc3)cc2)CCN1Cc1ccncc1. The summed E-state index contributed by atoms with van der Waals surface area (Å²) in [5.74, 6) is -0.342. The number of carbonyl (C=O) groups excluding carboxylic acids is 1. The number of nitrogens with zero attached hydrogens (tertiary/aromatic N) is 3. The molecule has 44 heavy (non-hydrogen) atoms. The Morgan fingerprint density at radius 3 is 1.98 bits per heavy atom. The Balaban J connectivity index is 1.43. The summed E-state index contributed by atoms with van der Waals surface area (Å²) in [5, 5.41) is 9.62. The number of pyridine rings is 1. The number of carbonyl (C=O) groups is 1. The molecule has 1 atom stereocenters. The molecular weight excluding hydrogens is 592 g/mol. The Morgan fingerprint density at radius 1 is 0.841 bits per heavy atom. The lowest BCUT2D eigenvalue weighted by Crippen LogP contribution is -2.56. The smallest absolute Gasteiger partial charge is 0.430 e. The van der Waals surface area contributed by atoms with Gasteiger partial charge in [-0.3, -0.25) is 19.6 Å². The highest BCUT2D eigenvalue weighted by Gasteiger charge is 2.71. The first-order valence-corrected chi connectivity index (χ1v) is 14.0. The zero-order chi connectivity index (χ0) is 32.0. The Morgan fingerprint density at radius 2 is 1.41 bits per heavy atom. The molecule has 1 saturated heterocycles. The second-order valence-corrected chi connectivity index (χ2v) is 10.4. The summed E-state index contributed by atoms with van der Waals surface area (Å²) < 4.78 is 90.0. The van der Waals surface area contributed by atoms with Gasteiger partial charge in [-0.1, -0.05) is 48.5 Å². The molecule has 3 aromatic rings. The maximum absolute atomic E-state index is 13.2. The molecular formula is C31H33F6N3O4. The van der Waals surface area contributed by atoms with Crippen molar-refractivity contribution in [1.82, 2.24) is 14.8 Å². The molecule has 1 aromatic heterocycles. The summed E-state index contributed by atoms with van der Waals surface area (Å²) in [6.07, 6.45) is -8.50. The van der Waals surface area contributed by atoms with Crippen LogP contribution in [0.15, 0.2) is 73.1 Å². The Bertz CT molecular complexity index is 1340. The summed E-state index contributed by atoms with van der Waals surface area (Å²) >= 11 is 0. The molecule has 238 valence electrons. The number of rotatable bonds is 11. The topological polar surface area (TPSA) is 75.1 Å². The van der Waals surface area contributed by atoms with Crippen LogP contribution in [0.5, 0.6) is 0 Å². The van der Waals surface area contributed by atoms with Gasteiger partial charge in [0.2, 0.25) is 0 Å². The van der Waals surface area contributed by atoms with E-state index >= 15 is 0 Å². The van der Waals surface area contributed by atoms with Crippen LogP contribution in [0.1, 0.15) is 23.6 Å². The molecule has 1 fully saturated rings. The molecule has 2 aromatic carbocycles. The minimum atomic E-state index is -5.95. The normalized spacial score (nSPS) is 17.0. The fourth-order valence-corrected chi connectivity index (χ4v) is 5.05. The first-order valence-electron chi connectivity index (χ1n) is 14.0. The van der Waals surface area contributed by atoms with Gasteiger partial charge in [-0.05, 0) is 41.3 Å². The van der Waals surface area contributed by atoms with Gasteiger partial charge in [0.15, 0.2) is 0 Å². The second kappa shape index (κ2) is 14.1. The maximum Gasteiger partial charge on any atom is 0.430 e. The molecule has 2 heterocycles. The summed E-state index contributed by atoms with van der Waals surface area (Å²) in [5.41, 5.74) is -3.41. The number of aromatic nitrogens is 1. The lowest BCUT2D eigenvalue weighted by molar-refractivity contribution is -0.376. The van der Waals surface area contributed by atoms with E-state index in [1.165, 1.54) is 0 Å². The fourth-order valence-electron chi connectivity index (χ4n) is 5.05. The van der Waals surface area contributed by atoms with Gasteiger partial charge in [-0.2, -0.15) is 26.3 Å². The van der Waals surface area contributed by atoms with Crippen molar-refractivity contribution < 1.29 is 45.7 Å². The highest BCUT2D eigenvalue weighted by Crippen LogP contribution is 2.50. The van der Waals surface area contributed by atoms with Gasteiger partial charge in [0.1, 0.15) is 12.6 Å². The molecule has 1 unspecified atom stereocenters. The molecule has 1 N–H and O–H groups in total. The third-order valence-electron chi connectivity index (χ3n) is 7.48. The second-order valence-electron chi connectivity index (χ2n) is 10.4. The molecule has 0 bridgehead atoms. The number of benzene rings is 2. The molecule has 0 aliphatic carbocycles. The predicted octanol–water partition coefficient (Wildman–Crippen LogP) is 5.33. The van der Waals surface area contributed by atoms with Crippen molar-refractivity contribution in [3.8, 4) is 11.1 Å². The molecule has 1 aliphatic rings. The first kappa shape index (κ1) is 33.4. The van der Waals surface area contributed by atoms with Crippen molar-refractivity contribution in [2.24, 2.45) is 0 Å². The van der Waals surface area contributed by atoms with Gasteiger partial charge in [0, 0.05) is 57.3 Å². The van der Waals surface area contributed by atoms with Gasteiger partial charge in [0.25, 0.3) is 5.60 Å². The average molecular weight is 626 g/mol. The minimum Gasteiger partial charge on any atom is -0.462 e. The molecule has 0 saturated carbocycles. The van der Waals surface area contributed by atoms with E-state index in [4.69, 9.17) is 9.47 Å². The van der Waals surface area contributed by atoms with Crippen LogP contribution in [0.3, 0.4) is 0 Å². The van der Waals surface area contributed by atoms with Gasteiger partial charge in [-0.15, -0.1) is 0 Å². The summed E-state index contributed by atoms with van der Waals surface area (Å²) in [6, 6.07) is 13.8. The van der Waals surface area contributed by atoms with Gasteiger partial charge in [-0.25, -0.2) is 0 Å². The average Bonchev–Trinajstić information content (AvgIpc) is 2.99. The van der Waals surface area contributed by atoms with Gasteiger partial charge in [0.05, 0.1) is 6.61 Å².